The van der Waals surface area contributed by atoms with Crippen molar-refractivity contribution < 1.29 is 0 Å². The molecule has 0 unspecified atom stereocenters. The number of hydrogen-bond acceptors (Lipinski definition) is 6. The van der Waals surface area contributed by atoms with E-state index in [0.717, 1.165) is 22.5 Å². The molecule has 136 valence electrons. The van der Waals surface area contributed by atoms with Gasteiger partial charge in [-0.25, -0.2) is 0 Å². The molecule has 0 bridgehead atoms. The Morgan fingerprint density at radius 1 is 1.00 bits per heavy atom. The summed E-state index contributed by atoms with van der Waals surface area (Å²) in [7, 11) is 0. The second-order valence-corrected chi connectivity index (χ2v) is 7.10. The summed E-state index contributed by atoms with van der Waals surface area (Å²) >= 11 is 3.46. The molecule has 0 aliphatic heterocycles. The monoisotopic (exact) mass is 422 g/mol. The number of nitrogens with two attached hydrogens (primary N) is 1. The van der Waals surface area contributed by atoms with Gasteiger partial charge in [-0.2, -0.15) is 15.2 Å². The third-order valence-corrected chi connectivity index (χ3v) is 4.85. The Balaban J connectivity index is 1.93. The van der Waals surface area contributed by atoms with E-state index in [9.17, 15) is 0 Å². The van der Waals surface area contributed by atoms with Gasteiger partial charge in [0, 0.05) is 11.4 Å². The zero-order valence-corrected chi connectivity index (χ0v) is 16.8. The highest BCUT2D eigenvalue weighted by molar-refractivity contribution is 9.10. The van der Waals surface area contributed by atoms with Crippen LogP contribution < -0.4 is 16.4 Å². The van der Waals surface area contributed by atoms with Gasteiger partial charge in [0.05, 0.1) is 11.6 Å². The summed E-state index contributed by atoms with van der Waals surface area (Å²) < 4.78 is 0.604. The number of anilines is 5. The minimum absolute atomic E-state index is 0.325. The molecule has 2 aromatic carbocycles. The lowest BCUT2D eigenvalue weighted by molar-refractivity contribution is 1.15. The van der Waals surface area contributed by atoms with Gasteiger partial charge < -0.3 is 16.4 Å². The number of hydrogen-bond donors (Lipinski definition) is 3. The Bertz CT molecular complexity index is 1010. The molecule has 6 nitrogen and oxygen atoms in total. The fourth-order valence-electron chi connectivity index (χ4n) is 2.86. The first-order valence-electron chi connectivity index (χ1n) is 8.32. The summed E-state index contributed by atoms with van der Waals surface area (Å²) in [5.74, 6) is 1.27. The maximum Gasteiger partial charge on any atom is 0.231 e. The molecule has 0 spiro atoms. The SMILES string of the molecule is Cc1cc(C)c(Nc2nc(Nc3ccc(C#N)cc3)nc(N)c2Br)c(C)c1. The largest absolute Gasteiger partial charge is 0.383 e. The third kappa shape index (κ3) is 4.18. The van der Waals surface area contributed by atoms with Gasteiger partial charge in [-0.15, -0.1) is 0 Å². The van der Waals surface area contributed by atoms with Crippen LogP contribution in [0, 0.1) is 32.1 Å². The minimum atomic E-state index is 0.325. The topological polar surface area (TPSA) is 99.6 Å². The van der Waals surface area contributed by atoms with Crippen LogP contribution in [0.25, 0.3) is 0 Å². The van der Waals surface area contributed by atoms with E-state index in [0.29, 0.717) is 27.6 Å². The number of rotatable bonds is 4. The maximum atomic E-state index is 8.90. The molecule has 0 aliphatic rings. The predicted molar refractivity (Wildman–Crippen MR) is 113 cm³/mol. The van der Waals surface area contributed by atoms with Gasteiger partial charge in [0.15, 0.2) is 5.82 Å². The smallest absolute Gasteiger partial charge is 0.231 e. The summed E-state index contributed by atoms with van der Waals surface area (Å²) in [5, 5.41) is 15.4. The van der Waals surface area contributed by atoms with Crippen LogP contribution in [0.1, 0.15) is 22.3 Å². The molecule has 0 aliphatic carbocycles. The van der Waals surface area contributed by atoms with E-state index in [1.54, 1.807) is 24.3 Å². The number of nitriles is 1. The second-order valence-electron chi connectivity index (χ2n) is 6.31. The molecular formula is C20H19BrN6. The predicted octanol–water partition coefficient (Wildman–Crippen LogP) is 5.11. The van der Waals surface area contributed by atoms with Gasteiger partial charge in [0.1, 0.15) is 10.3 Å². The molecular weight excluding hydrogens is 404 g/mol. The van der Waals surface area contributed by atoms with Crippen molar-refractivity contribution in [2.24, 2.45) is 0 Å². The van der Waals surface area contributed by atoms with E-state index < -0.39 is 0 Å². The molecule has 1 heterocycles. The number of benzene rings is 2. The molecule has 0 fully saturated rings. The first-order chi connectivity index (χ1) is 12.9. The zero-order valence-electron chi connectivity index (χ0n) is 15.3. The first-order valence-corrected chi connectivity index (χ1v) is 9.11. The highest BCUT2D eigenvalue weighted by Gasteiger charge is 2.13. The van der Waals surface area contributed by atoms with Gasteiger partial charge in [-0.05, 0) is 72.1 Å². The Morgan fingerprint density at radius 3 is 2.22 bits per heavy atom. The molecule has 0 amide bonds. The van der Waals surface area contributed by atoms with Crippen molar-refractivity contribution in [1.29, 1.82) is 5.26 Å². The zero-order chi connectivity index (χ0) is 19.6. The third-order valence-electron chi connectivity index (χ3n) is 4.07. The summed E-state index contributed by atoms with van der Waals surface area (Å²) in [5.41, 5.74) is 11.9. The fourth-order valence-corrected chi connectivity index (χ4v) is 3.13. The van der Waals surface area contributed by atoms with Crippen LogP contribution in [0.15, 0.2) is 40.9 Å². The number of nitrogens with one attached hydrogen (secondary N) is 2. The van der Waals surface area contributed by atoms with Gasteiger partial charge in [0.2, 0.25) is 5.95 Å². The number of nitrogen functional groups attached to an aromatic ring is 1. The lowest BCUT2D eigenvalue weighted by atomic mass is 10.1. The van der Waals surface area contributed by atoms with Crippen molar-refractivity contribution in [3.63, 3.8) is 0 Å². The van der Waals surface area contributed by atoms with Crippen LogP contribution in [0.4, 0.5) is 29.0 Å². The number of aromatic nitrogens is 2. The van der Waals surface area contributed by atoms with Crippen molar-refractivity contribution in [2.75, 3.05) is 16.4 Å². The molecule has 0 atom stereocenters. The van der Waals surface area contributed by atoms with E-state index in [1.165, 1.54) is 5.56 Å². The molecule has 3 rings (SSSR count). The summed E-state index contributed by atoms with van der Waals surface area (Å²) in [4.78, 5) is 8.82. The summed E-state index contributed by atoms with van der Waals surface area (Å²) in [6.07, 6.45) is 0. The van der Waals surface area contributed by atoms with Crippen molar-refractivity contribution >= 4 is 44.9 Å². The highest BCUT2D eigenvalue weighted by atomic mass is 79.9. The van der Waals surface area contributed by atoms with E-state index >= 15 is 0 Å². The summed E-state index contributed by atoms with van der Waals surface area (Å²) in [6.45, 7) is 6.18. The quantitative estimate of drug-likeness (QED) is 0.540. The number of nitrogens with zero attached hydrogens (tertiary/aromatic N) is 3. The summed E-state index contributed by atoms with van der Waals surface area (Å²) in [6, 6.07) is 13.4. The fraction of sp³-hybridized carbons (Fsp3) is 0.150. The van der Waals surface area contributed by atoms with E-state index in [1.807, 2.05) is 0 Å². The van der Waals surface area contributed by atoms with Crippen LogP contribution in [-0.4, -0.2) is 9.97 Å². The molecule has 7 heteroatoms. The highest BCUT2D eigenvalue weighted by Crippen LogP contribution is 2.32. The van der Waals surface area contributed by atoms with Gasteiger partial charge in [-0.1, -0.05) is 17.7 Å². The Labute approximate surface area is 166 Å². The maximum absolute atomic E-state index is 8.90. The number of halogens is 1. The van der Waals surface area contributed by atoms with Crippen LogP contribution in [0.5, 0.6) is 0 Å². The van der Waals surface area contributed by atoms with E-state index in [-0.39, 0.29) is 0 Å². The normalized spacial score (nSPS) is 10.3. The molecule has 27 heavy (non-hydrogen) atoms. The molecule has 3 aromatic rings. The number of aryl methyl sites for hydroxylation is 3. The molecule has 1 aromatic heterocycles. The van der Waals surface area contributed by atoms with Gasteiger partial charge >= 0.3 is 0 Å². The van der Waals surface area contributed by atoms with Crippen LogP contribution >= 0.6 is 15.9 Å². The van der Waals surface area contributed by atoms with Gasteiger partial charge in [0.25, 0.3) is 0 Å². The van der Waals surface area contributed by atoms with E-state index in [4.69, 9.17) is 11.0 Å². The average Bonchev–Trinajstić information content (AvgIpc) is 2.62. The van der Waals surface area contributed by atoms with E-state index in [2.05, 4.69) is 75.5 Å². The van der Waals surface area contributed by atoms with Crippen LogP contribution in [-0.2, 0) is 0 Å². The first kappa shape index (κ1) is 18.7. The van der Waals surface area contributed by atoms with Crippen LogP contribution in [0.3, 0.4) is 0 Å². The minimum Gasteiger partial charge on any atom is -0.383 e. The van der Waals surface area contributed by atoms with Crippen molar-refractivity contribution in [3.05, 3.63) is 63.1 Å². The average molecular weight is 423 g/mol. The lowest BCUT2D eigenvalue weighted by Crippen LogP contribution is -2.07. The Hall–Kier alpha value is -3.11. The Morgan fingerprint density at radius 2 is 1.63 bits per heavy atom. The van der Waals surface area contributed by atoms with Gasteiger partial charge in [-0.3, -0.25) is 0 Å². The molecule has 0 saturated carbocycles. The van der Waals surface area contributed by atoms with Crippen LogP contribution in [0.2, 0.25) is 0 Å². The second kappa shape index (κ2) is 7.64. The lowest BCUT2D eigenvalue weighted by Gasteiger charge is -2.16. The van der Waals surface area contributed by atoms with Crippen molar-refractivity contribution in [3.8, 4) is 6.07 Å². The molecule has 0 saturated heterocycles. The standard InChI is InChI=1S/C20H19BrN6/c1-11-8-12(2)17(13(3)9-11)25-19-16(21)18(23)26-20(27-19)24-15-6-4-14(10-22)5-7-15/h4-9H,1-3H3,(H4,23,24,25,26,27). The molecule has 0 radical (unpaired) electrons. The van der Waals surface area contributed by atoms with Crippen molar-refractivity contribution in [1.82, 2.24) is 9.97 Å². The van der Waals surface area contributed by atoms with Crippen molar-refractivity contribution in [2.45, 2.75) is 20.8 Å². The Kier molecular flexibility index (Phi) is 5.28. The molecule has 4 N–H and O–H groups in total.